The van der Waals surface area contributed by atoms with E-state index < -0.39 is 0 Å². The van der Waals surface area contributed by atoms with Crippen molar-refractivity contribution in [1.29, 1.82) is 0 Å². The summed E-state index contributed by atoms with van der Waals surface area (Å²) in [5.74, 6) is 2.27. The van der Waals surface area contributed by atoms with Crippen molar-refractivity contribution in [2.24, 2.45) is 5.92 Å². The molecule has 0 amide bonds. The lowest BCUT2D eigenvalue weighted by Gasteiger charge is -2.42. The van der Waals surface area contributed by atoms with E-state index in [0.29, 0.717) is 23.9 Å². The van der Waals surface area contributed by atoms with Gasteiger partial charge in [-0.3, -0.25) is 0 Å². The fourth-order valence-electron chi connectivity index (χ4n) is 7.88. The van der Waals surface area contributed by atoms with Crippen molar-refractivity contribution in [3.8, 4) is 0 Å². The normalized spacial score (nSPS) is 20.4. The standard InChI is InChI=1S/C44H54N2O2S/c1-32-19-20-37(41(42-17-11-26-47-42)22-25-46-34(3)43-18-12-28-49-43)29-39(32)31-44(4)30-38(23-27-48-44)40(36-15-9-6-10-16-36)21-24-45-33(2)35-13-7-5-8-14-35/h5-20,26,28-29,33-34,38,40-41,45-46H,21-25,27,30-31H2,1-4H3. The Bertz CT molecular complexity index is 1670. The molecule has 6 atom stereocenters. The summed E-state index contributed by atoms with van der Waals surface area (Å²) in [6.07, 6.45) is 6.94. The van der Waals surface area contributed by atoms with Gasteiger partial charge in [-0.25, -0.2) is 0 Å². The van der Waals surface area contributed by atoms with E-state index in [1.54, 1.807) is 6.26 Å². The van der Waals surface area contributed by atoms with Crippen molar-refractivity contribution in [2.45, 2.75) is 89.3 Å². The summed E-state index contributed by atoms with van der Waals surface area (Å²) in [4.78, 5) is 1.37. The van der Waals surface area contributed by atoms with E-state index in [4.69, 9.17) is 9.15 Å². The molecule has 0 radical (unpaired) electrons. The predicted octanol–water partition coefficient (Wildman–Crippen LogP) is 10.8. The SMILES string of the molecule is Cc1ccc(C(CCNC(C)c2cccs2)c2ccco2)cc1CC1(C)CC(C(CCNC(C)c2ccccc2)c2ccccc2)CCO1. The average Bonchev–Trinajstić information content (AvgIpc) is 3.86. The zero-order valence-electron chi connectivity index (χ0n) is 29.7. The van der Waals surface area contributed by atoms with Crippen LogP contribution < -0.4 is 10.6 Å². The van der Waals surface area contributed by atoms with Crippen molar-refractivity contribution in [1.82, 2.24) is 10.6 Å². The highest BCUT2D eigenvalue weighted by Crippen LogP contribution is 2.42. The molecule has 4 nitrogen and oxygen atoms in total. The van der Waals surface area contributed by atoms with Gasteiger partial charge in [-0.1, -0.05) is 84.9 Å². The van der Waals surface area contributed by atoms with E-state index >= 15 is 0 Å². The Morgan fingerprint density at radius 2 is 1.53 bits per heavy atom. The number of hydrogen-bond acceptors (Lipinski definition) is 5. The summed E-state index contributed by atoms with van der Waals surface area (Å²) in [6, 6.07) is 38.2. The molecule has 1 saturated heterocycles. The van der Waals surface area contributed by atoms with Crippen molar-refractivity contribution in [3.63, 3.8) is 0 Å². The van der Waals surface area contributed by atoms with Gasteiger partial charge in [0.25, 0.3) is 0 Å². The minimum absolute atomic E-state index is 0.193. The molecule has 3 aromatic carbocycles. The number of furan rings is 1. The average molecular weight is 675 g/mol. The minimum atomic E-state index is -0.220. The Morgan fingerprint density at radius 3 is 2.24 bits per heavy atom. The highest BCUT2D eigenvalue weighted by atomic mass is 32.1. The van der Waals surface area contributed by atoms with Crippen LogP contribution in [0.1, 0.15) is 109 Å². The number of benzene rings is 3. The zero-order chi connectivity index (χ0) is 34.1. The fourth-order valence-corrected chi connectivity index (χ4v) is 8.63. The number of rotatable bonds is 16. The number of ether oxygens (including phenoxy) is 1. The van der Waals surface area contributed by atoms with Gasteiger partial charge in [0, 0.05) is 35.9 Å². The van der Waals surface area contributed by atoms with Gasteiger partial charge in [-0.2, -0.15) is 0 Å². The second kappa shape index (κ2) is 17.0. The molecule has 6 rings (SSSR count). The first kappa shape index (κ1) is 35.3. The van der Waals surface area contributed by atoms with Crippen LogP contribution in [0.3, 0.4) is 0 Å². The monoisotopic (exact) mass is 674 g/mol. The number of nitrogens with one attached hydrogen (secondary N) is 2. The molecule has 6 unspecified atom stereocenters. The quantitative estimate of drug-likeness (QED) is 0.109. The Hall–Kier alpha value is -3.48. The van der Waals surface area contributed by atoms with Gasteiger partial charge in [0.1, 0.15) is 5.76 Å². The molecule has 5 heteroatoms. The molecule has 3 heterocycles. The van der Waals surface area contributed by atoms with Gasteiger partial charge in [0.05, 0.1) is 11.9 Å². The number of aryl methyl sites for hydroxylation is 1. The molecule has 0 aliphatic carbocycles. The maximum Gasteiger partial charge on any atom is 0.111 e. The summed E-state index contributed by atoms with van der Waals surface area (Å²) in [5, 5.41) is 9.72. The van der Waals surface area contributed by atoms with Crippen LogP contribution in [0.5, 0.6) is 0 Å². The fraction of sp³-hybridized carbons (Fsp3) is 0.409. The molecule has 0 saturated carbocycles. The smallest absolute Gasteiger partial charge is 0.111 e. The third-order valence-corrected chi connectivity index (χ3v) is 11.8. The lowest BCUT2D eigenvalue weighted by atomic mass is 9.73. The summed E-state index contributed by atoms with van der Waals surface area (Å²) < 4.78 is 12.7. The highest BCUT2D eigenvalue weighted by Gasteiger charge is 2.37. The first-order chi connectivity index (χ1) is 23.9. The summed E-state index contributed by atoms with van der Waals surface area (Å²) >= 11 is 1.81. The van der Waals surface area contributed by atoms with E-state index in [1.807, 2.05) is 17.4 Å². The topological polar surface area (TPSA) is 46.4 Å². The van der Waals surface area contributed by atoms with Crippen LogP contribution in [0.15, 0.2) is 119 Å². The molecule has 0 spiro atoms. The molecule has 258 valence electrons. The molecule has 2 N–H and O–H groups in total. The zero-order valence-corrected chi connectivity index (χ0v) is 30.6. The Morgan fingerprint density at radius 1 is 0.796 bits per heavy atom. The number of thiophene rings is 1. The predicted molar refractivity (Wildman–Crippen MR) is 205 cm³/mol. The van der Waals surface area contributed by atoms with E-state index in [-0.39, 0.29) is 11.5 Å². The molecule has 1 aliphatic heterocycles. The van der Waals surface area contributed by atoms with Gasteiger partial charge in [-0.05, 0) is 130 Å². The van der Waals surface area contributed by atoms with Gasteiger partial charge < -0.3 is 19.8 Å². The largest absolute Gasteiger partial charge is 0.469 e. The molecule has 1 aliphatic rings. The van der Waals surface area contributed by atoms with Crippen LogP contribution in [0.2, 0.25) is 0 Å². The number of hydrogen-bond donors (Lipinski definition) is 2. The van der Waals surface area contributed by atoms with Gasteiger partial charge >= 0.3 is 0 Å². The van der Waals surface area contributed by atoms with Crippen LogP contribution in [0.4, 0.5) is 0 Å². The second-order valence-electron chi connectivity index (χ2n) is 14.4. The third kappa shape index (κ3) is 9.40. The maximum absolute atomic E-state index is 6.70. The second-order valence-corrected chi connectivity index (χ2v) is 15.3. The van der Waals surface area contributed by atoms with Crippen LogP contribution >= 0.6 is 11.3 Å². The molecule has 1 fully saturated rings. The first-order valence-corrected chi connectivity index (χ1v) is 19.1. The van der Waals surface area contributed by atoms with Crippen LogP contribution in [0.25, 0.3) is 0 Å². The molecule has 49 heavy (non-hydrogen) atoms. The summed E-state index contributed by atoms with van der Waals surface area (Å²) in [6.45, 7) is 11.8. The van der Waals surface area contributed by atoms with Crippen LogP contribution in [-0.2, 0) is 11.2 Å². The maximum atomic E-state index is 6.70. The van der Waals surface area contributed by atoms with E-state index in [2.05, 4.69) is 141 Å². The van der Waals surface area contributed by atoms with E-state index in [0.717, 1.165) is 57.6 Å². The molecular formula is C44H54N2O2S. The van der Waals surface area contributed by atoms with Crippen molar-refractivity contribution >= 4 is 11.3 Å². The van der Waals surface area contributed by atoms with Gasteiger partial charge in [0.15, 0.2) is 0 Å². The van der Waals surface area contributed by atoms with Crippen molar-refractivity contribution in [3.05, 3.63) is 153 Å². The third-order valence-electron chi connectivity index (χ3n) is 10.7. The highest BCUT2D eigenvalue weighted by molar-refractivity contribution is 7.10. The Balaban J connectivity index is 1.15. The molecule has 0 bridgehead atoms. The van der Waals surface area contributed by atoms with Crippen molar-refractivity contribution in [2.75, 3.05) is 19.7 Å². The Labute approximate surface area is 298 Å². The Kier molecular flexibility index (Phi) is 12.2. The molecule has 2 aromatic heterocycles. The molecular weight excluding hydrogens is 621 g/mol. The summed E-state index contributed by atoms with van der Waals surface area (Å²) in [5.41, 5.74) is 6.60. The van der Waals surface area contributed by atoms with Crippen LogP contribution in [0, 0.1) is 12.8 Å². The van der Waals surface area contributed by atoms with Crippen LogP contribution in [-0.4, -0.2) is 25.3 Å². The summed E-state index contributed by atoms with van der Waals surface area (Å²) in [7, 11) is 0. The van der Waals surface area contributed by atoms with E-state index in [1.165, 1.54) is 32.7 Å². The van der Waals surface area contributed by atoms with E-state index in [9.17, 15) is 0 Å². The lowest BCUT2D eigenvalue weighted by molar-refractivity contribution is -0.0891. The van der Waals surface area contributed by atoms with Gasteiger partial charge in [0.2, 0.25) is 0 Å². The first-order valence-electron chi connectivity index (χ1n) is 18.3. The van der Waals surface area contributed by atoms with Crippen molar-refractivity contribution < 1.29 is 9.15 Å². The lowest BCUT2D eigenvalue weighted by Crippen LogP contribution is -2.41. The minimum Gasteiger partial charge on any atom is -0.469 e. The van der Waals surface area contributed by atoms with Gasteiger partial charge in [-0.15, -0.1) is 11.3 Å². The molecule has 5 aromatic rings.